The standard InChI is InChI=1S/C19H22N2O3S/c1-3-25-17-11-7-5-9-15(17)19(23)21-16-10-6-4-8-14(16)18(22)20-12-13-24-2/h4-11H,3,12-13H2,1-2H3,(H,20,22)(H,21,23). The number of hydrogen-bond donors (Lipinski definition) is 2. The van der Waals surface area contributed by atoms with Gasteiger partial charge in [-0.1, -0.05) is 31.2 Å². The summed E-state index contributed by atoms with van der Waals surface area (Å²) in [6.45, 7) is 2.88. The molecule has 0 aromatic heterocycles. The Morgan fingerprint density at radius 2 is 1.68 bits per heavy atom. The first-order valence-electron chi connectivity index (χ1n) is 8.06. The summed E-state index contributed by atoms with van der Waals surface area (Å²) in [7, 11) is 1.58. The van der Waals surface area contributed by atoms with E-state index < -0.39 is 0 Å². The molecule has 0 aliphatic carbocycles. The van der Waals surface area contributed by atoms with Gasteiger partial charge in [0, 0.05) is 18.6 Å². The predicted octanol–water partition coefficient (Wildman–Crippen LogP) is 3.43. The number of hydrogen-bond acceptors (Lipinski definition) is 4. The maximum absolute atomic E-state index is 12.7. The van der Waals surface area contributed by atoms with Crippen molar-refractivity contribution in [1.82, 2.24) is 5.32 Å². The van der Waals surface area contributed by atoms with E-state index in [1.54, 1.807) is 49.2 Å². The Bertz CT molecular complexity index is 734. The van der Waals surface area contributed by atoms with Crippen LogP contribution in [0.1, 0.15) is 27.6 Å². The van der Waals surface area contributed by atoms with E-state index in [0.717, 1.165) is 10.6 Å². The number of para-hydroxylation sites is 1. The molecule has 132 valence electrons. The molecule has 2 rings (SSSR count). The zero-order valence-electron chi connectivity index (χ0n) is 14.4. The average molecular weight is 358 g/mol. The van der Waals surface area contributed by atoms with E-state index in [-0.39, 0.29) is 11.8 Å². The third kappa shape index (κ3) is 5.34. The fraction of sp³-hybridized carbons (Fsp3) is 0.263. The molecule has 0 saturated heterocycles. The molecule has 0 aliphatic rings. The molecular formula is C19H22N2O3S. The van der Waals surface area contributed by atoms with Crippen LogP contribution < -0.4 is 10.6 Å². The van der Waals surface area contributed by atoms with Gasteiger partial charge in [0.15, 0.2) is 0 Å². The average Bonchev–Trinajstić information content (AvgIpc) is 2.63. The van der Waals surface area contributed by atoms with Crippen LogP contribution in [0.5, 0.6) is 0 Å². The highest BCUT2D eigenvalue weighted by molar-refractivity contribution is 7.99. The third-order valence-electron chi connectivity index (χ3n) is 3.44. The highest BCUT2D eigenvalue weighted by Crippen LogP contribution is 2.24. The van der Waals surface area contributed by atoms with Crippen LogP contribution in [0.2, 0.25) is 0 Å². The second-order valence-corrected chi connectivity index (χ2v) is 6.48. The number of rotatable bonds is 8. The quantitative estimate of drug-likeness (QED) is 0.560. The molecule has 25 heavy (non-hydrogen) atoms. The number of benzene rings is 2. The molecule has 0 aliphatic heterocycles. The maximum Gasteiger partial charge on any atom is 0.256 e. The summed E-state index contributed by atoms with van der Waals surface area (Å²) >= 11 is 1.61. The van der Waals surface area contributed by atoms with Gasteiger partial charge >= 0.3 is 0 Å². The van der Waals surface area contributed by atoms with E-state index in [4.69, 9.17) is 4.74 Å². The second-order valence-electron chi connectivity index (χ2n) is 5.18. The normalized spacial score (nSPS) is 10.3. The molecule has 2 N–H and O–H groups in total. The zero-order chi connectivity index (χ0) is 18.1. The Kier molecular flexibility index (Phi) is 7.50. The first-order chi connectivity index (χ1) is 12.2. The number of carbonyl (C=O) groups excluding carboxylic acids is 2. The van der Waals surface area contributed by atoms with Crippen LogP contribution in [0.3, 0.4) is 0 Å². The lowest BCUT2D eigenvalue weighted by Crippen LogP contribution is -2.28. The van der Waals surface area contributed by atoms with Crippen LogP contribution in [0.25, 0.3) is 0 Å². The highest BCUT2D eigenvalue weighted by Gasteiger charge is 2.15. The Labute approximate surface area is 152 Å². The van der Waals surface area contributed by atoms with Crippen LogP contribution in [0.4, 0.5) is 5.69 Å². The Hall–Kier alpha value is -2.31. The molecule has 5 nitrogen and oxygen atoms in total. The van der Waals surface area contributed by atoms with E-state index in [0.29, 0.717) is 30.0 Å². The molecule has 6 heteroatoms. The van der Waals surface area contributed by atoms with Gasteiger partial charge in [-0.3, -0.25) is 9.59 Å². The van der Waals surface area contributed by atoms with Crippen molar-refractivity contribution >= 4 is 29.3 Å². The number of methoxy groups -OCH3 is 1. The molecule has 0 atom stereocenters. The molecular weight excluding hydrogens is 336 g/mol. The molecule has 0 spiro atoms. The van der Waals surface area contributed by atoms with Gasteiger partial charge < -0.3 is 15.4 Å². The van der Waals surface area contributed by atoms with Gasteiger partial charge in [0.1, 0.15) is 0 Å². The van der Waals surface area contributed by atoms with E-state index in [1.807, 2.05) is 25.1 Å². The summed E-state index contributed by atoms with van der Waals surface area (Å²) < 4.78 is 4.93. The van der Waals surface area contributed by atoms with Crippen LogP contribution in [-0.2, 0) is 4.74 Å². The molecule has 0 fully saturated rings. The summed E-state index contributed by atoms with van der Waals surface area (Å²) in [6, 6.07) is 14.4. The number of thioether (sulfide) groups is 1. The smallest absolute Gasteiger partial charge is 0.256 e. The topological polar surface area (TPSA) is 67.4 Å². The molecule has 0 unspecified atom stereocenters. The molecule has 0 radical (unpaired) electrons. The van der Waals surface area contributed by atoms with Gasteiger partial charge in [0.25, 0.3) is 11.8 Å². The number of carbonyl (C=O) groups is 2. The molecule has 0 saturated carbocycles. The second kappa shape index (κ2) is 9.86. The largest absolute Gasteiger partial charge is 0.383 e. The van der Waals surface area contributed by atoms with Crippen molar-refractivity contribution in [3.05, 3.63) is 59.7 Å². The Morgan fingerprint density at radius 3 is 2.40 bits per heavy atom. The number of anilines is 1. The predicted molar refractivity (Wildman–Crippen MR) is 101 cm³/mol. The van der Waals surface area contributed by atoms with Gasteiger partial charge in [0.2, 0.25) is 0 Å². The van der Waals surface area contributed by atoms with Crippen molar-refractivity contribution in [3.8, 4) is 0 Å². The van der Waals surface area contributed by atoms with Crippen LogP contribution in [0.15, 0.2) is 53.4 Å². The van der Waals surface area contributed by atoms with Gasteiger partial charge in [-0.2, -0.15) is 0 Å². The number of nitrogens with one attached hydrogen (secondary N) is 2. The minimum atomic E-state index is -0.246. The molecule has 2 aromatic rings. The van der Waals surface area contributed by atoms with Crippen LogP contribution >= 0.6 is 11.8 Å². The lowest BCUT2D eigenvalue weighted by Gasteiger charge is -2.13. The molecule has 0 bridgehead atoms. The van der Waals surface area contributed by atoms with Crippen molar-refractivity contribution in [2.75, 3.05) is 31.3 Å². The summed E-state index contributed by atoms with van der Waals surface area (Å²) in [5, 5.41) is 5.62. The summed E-state index contributed by atoms with van der Waals surface area (Å²) in [4.78, 5) is 25.9. The maximum atomic E-state index is 12.7. The van der Waals surface area contributed by atoms with Crippen molar-refractivity contribution in [3.63, 3.8) is 0 Å². The van der Waals surface area contributed by atoms with Crippen molar-refractivity contribution in [1.29, 1.82) is 0 Å². The highest BCUT2D eigenvalue weighted by atomic mass is 32.2. The summed E-state index contributed by atoms with van der Waals surface area (Å²) in [5.74, 6) is 0.404. The number of amides is 2. The van der Waals surface area contributed by atoms with Crippen molar-refractivity contribution in [2.45, 2.75) is 11.8 Å². The van der Waals surface area contributed by atoms with Gasteiger partial charge in [-0.25, -0.2) is 0 Å². The Balaban J connectivity index is 2.18. The first kappa shape index (κ1) is 19.0. The Morgan fingerprint density at radius 1 is 1.00 bits per heavy atom. The number of ether oxygens (including phenoxy) is 1. The van der Waals surface area contributed by atoms with E-state index in [9.17, 15) is 9.59 Å². The SMILES string of the molecule is CCSc1ccccc1C(=O)Nc1ccccc1C(=O)NCCOC. The first-order valence-corrected chi connectivity index (χ1v) is 9.05. The molecule has 0 heterocycles. The van der Waals surface area contributed by atoms with Gasteiger partial charge in [-0.05, 0) is 30.0 Å². The molecule has 2 amide bonds. The minimum absolute atomic E-state index is 0.228. The van der Waals surface area contributed by atoms with Gasteiger partial charge in [-0.15, -0.1) is 11.8 Å². The van der Waals surface area contributed by atoms with E-state index in [1.165, 1.54) is 0 Å². The molecule has 2 aromatic carbocycles. The van der Waals surface area contributed by atoms with Crippen LogP contribution in [-0.4, -0.2) is 37.8 Å². The van der Waals surface area contributed by atoms with E-state index in [2.05, 4.69) is 10.6 Å². The lowest BCUT2D eigenvalue weighted by atomic mass is 10.1. The van der Waals surface area contributed by atoms with Gasteiger partial charge in [0.05, 0.1) is 23.4 Å². The van der Waals surface area contributed by atoms with Crippen LogP contribution in [0, 0.1) is 0 Å². The minimum Gasteiger partial charge on any atom is -0.383 e. The third-order valence-corrected chi connectivity index (χ3v) is 4.40. The monoisotopic (exact) mass is 358 g/mol. The lowest BCUT2D eigenvalue weighted by molar-refractivity contribution is 0.0938. The van der Waals surface area contributed by atoms with E-state index >= 15 is 0 Å². The fourth-order valence-electron chi connectivity index (χ4n) is 2.28. The zero-order valence-corrected chi connectivity index (χ0v) is 15.2. The summed E-state index contributed by atoms with van der Waals surface area (Å²) in [5.41, 5.74) is 1.51. The van der Waals surface area contributed by atoms with Crippen molar-refractivity contribution in [2.24, 2.45) is 0 Å². The summed E-state index contributed by atoms with van der Waals surface area (Å²) in [6.07, 6.45) is 0. The van der Waals surface area contributed by atoms with Crippen molar-refractivity contribution < 1.29 is 14.3 Å². The fourth-order valence-corrected chi connectivity index (χ4v) is 3.08.